The zero-order valence-electron chi connectivity index (χ0n) is 19.6. The van der Waals surface area contributed by atoms with Gasteiger partial charge in [0.15, 0.2) is 0 Å². The number of hydrogen-bond acceptors (Lipinski definition) is 2. The molecule has 0 aromatic rings. The van der Waals surface area contributed by atoms with Gasteiger partial charge in [0.25, 0.3) is 0 Å². The molecule has 164 valence electrons. The third-order valence-corrected chi connectivity index (χ3v) is 9.88. The fourth-order valence-corrected chi connectivity index (χ4v) is 8.73. The molecule has 0 heterocycles. The summed E-state index contributed by atoms with van der Waals surface area (Å²) in [7, 11) is 0. The van der Waals surface area contributed by atoms with Gasteiger partial charge in [-0.15, -0.1) is 0 Å². The van der Waals surface area contributed by atoms with Crippen molar-refractivity contribution in [3.05, 3.63) is 0 Å². The zero-order chi connectivity index (χ0) is 22.0. The smallest absolute Gasteiger partial charge is 0.311 e. The van der Waals surface area contributed by atoms with Crippen molar-refractivity contribution in [2.45, 2.75) is 113 Å². The highest BCUT2D eigenvalue weighted by Gasteiger charge is 2.79. The molecule has 1 saturated carbocycles. The van der Waals surface area contributed by atoms with Crippen LogP contribution in [-0.4, -0.2) is 22.2 Å². The molecule has 0 amide bonds. The Morgan fingerprint density at radius 2 is 1.04 bits per heavy atom. The fourth-order valence-electron chi connectivity index (χ4n) is 8.73. The van der Waals surface area contributed by atoms with Gasteiger partial charge in [-0.1, -0.05) is 55.4 Å². The molecule has 0 radical (unpaired) electrons. The standard InChI is InChI=1S/C24H44O4/c1-9-20(10-2)17-21(11-3,18(25)26)24(16-8,19(27)28)23(14-6,15-7)22(20,12-4)13-5/h9-17H2,1-8H3,(H,25,26)(H,27,28). The van der Waals surface area contributed by atoms with Gasteiger partial charge < -0.3 is 10.2 Å². The fraction of sp³-hybridized carbons (Fsp3) is 0.917. The van der Waals surface area contributed by atoms with Crippen molar-refractivity contribution in [2.24, 2.45) is 27.1 Å². The first-order valence-electron chi connectivity index (χ1n) is 11.5. The van der Waals surface area contributed by atoms with E-state index in [1.165, 1.54) is 0 Å². The Morgan fingerprint density at radius 1 is 0.607 bits per heavy atom. The summed E-state index contributed by atoms with van der Waals surface area (Å²) in [5.74, 6) is -1.83. The minimum absolute atomic E-state index is 0.176. The molecule has 0 bridgehead atoms. The summed E-state index contributed by atoms with van der Waals surface area (Å²) in [6.07, 6.45) is 6.13. The van der Waals surface area contributed by atoms with Crippen molar-refractivity contribution in [1.82, 2.24) is 0 Å². The lowest BCUT2D eigenvalue weighted by molar-refractivity contribution is -0.280. The Morgan fingerprint density at radius 3 is 1.25 bits per heavy atom. The molecule has 1 aliphatic carbocycles. The van der Waals surface area contributed by atoms with E-state index in [1.807, 2.05) is 13.8 Å². The highest BCUT2D eigenvalue weighted by atomic mass is 16.4. The number of carboxylic acid groups (broad SMARTS) is 2. The Kier molecular flexibility index (Phi) is 7.45. The molecule has 1 aliphatic rings. The van der Waals surface area contributed by atoms with Crippen LogP contribution < -0.4 is 0 Å². The summed E-state index contributed by atoms with van der Waals surface area (Å²) >= 11 is 0. The van der Waals surface area contributed by atoms with Crippen LogP contribution in [-0.2, 0) is 9.59 Å². The van der Waals surface area contributed by atoms with Crippen LogP contribution in [0, 0.1) is 27.1 Å². The van der Waals surface area contributed by atoms with Crippen LogP contribution in [0.15, 0.2) is 0 Å². The summed E-state index contributed by atoms with van der Waals surface area (Å²) in [6.45, 7) is 16.8. The number of hydrogen-bond donors (Lipinski definition) is 2. The summed E-state index contributed by atoms with van der Waals surface area (Å²) < 4.78 is 0. The minimum Gasteiger partial charge on any atom is -0.481 e. The first kappa shape index (κ1) is 25.0. The second-order valence-corrected chi connectivity index (χ2v) is 9.05. The molecule has 2 atom stereocenters. The van der Waals surface area contributed by atoms with Crippen molar-refractivity contribution in [3.8, 4) is 0 Å². The summed E-state index contributed by atoms with van der Waals surface area (Å²) in [4.78, 5) is 26.1. The molecule has 28 heavy (non-hydrogen) atoms. The van der Waals surface area contributed by atoms with E-state index < -0.39 is 28.2 Å². The van der Waals surface area contributed by atoms with Crippen LogP contribution in [0.2, 0.25) is 0 Å². The van der Waals surface area contributed by atoms with Gasteiger partial charge in [0.1, 0.15) is 0 Å². The Labute approximate surface area is 172 Å². The molecule has 0 saturated heterocycles. The molecule has 0 aromatic carbocycles. The molecule has 1 rings (SSSR count). The second-order valence-electron chi connectivity index (χ2n) is 9.05. The number of rotatable bonds is 10. The third kappa shape index (κ3) is 2.41. The minimum atomic E-state index is -1.27. The average molecular weight is 397 g/mol. The molecule has 1 fully saturated rings. The van der Waals surface area contributed by atoms with Crippen LogP contribution in [0.4, 0.5) is 0 Å². The van der Waals surface area contributed by atoms with Crippen LogP contribution in [0.25, 0.3) is 0 Å². The number of carboxylic acids is 2. The van der Waals surface area contributed by atoms with E-state index in [2.05, 4.69) is 41.5 Å². The van der Waals surface area contributed by atoms with Crippen molar-refractivity contribution in [2.75, 3.05) is 0 Å². The monoisotopic (exact) mass is 396 g/mol. The third-order valence-electron chi connectivity index (χ3n) is 9.88. The molecule has 4 nitrogen and oxygen atoms in total. The predicted octanol–water partition coefficient (Wildman–Crippen LogP) is 6.77. The summed E-state index contributed by atoms with van der Waals surface area (Å²) in [5.41, 5.74) is -3.47. The van der Waals surface area contributed by atoms with E-state index in [-0.39, 0.29) is 10.8 Å². The van der Waals surface area contributed by atoms with Crippen LogP contribution in [0.1, 0.15) is 113 Å². The summed E-state index contributed by atoms with van der Waals surface area (Å²) in [6, 6.07) is 0. The maximum absolute atomic E-state index is 13.2. The van der Waals surface area contributed by atoms with E-state index in [4.69, 9.17) is 0 Å². The van der Waals surface area contributed by atoms with E-state index >= 15 is 0 Å². The van der Waals surface area contributed by atoms with Crippen molar-refractivity contribution in [1.29, 1.82) is 0 Å². The van der Waals surface area contributed by atoms with Crippen molar-refractivity contribution < 1.29 is 19.8 Å². The number of carbonyl (C=O) groups is 2. The highest BCUT2D eigenvalue weighted by molar-refractivity contribution is 5.88. The van der Waals surface area contributed by atoms with E-state index in [9.17, 15) is 19.8 Å². The van der Waals surface area contributed by atoms with Gasteiger partial charge in [-0.05, 0) is 74.0 Å². The first-order valence-corrected chi connectivity index (χ1v) is 11.5. The molecule has 2 unspecified atom stereocenters. The van der Waals surface area contributed by atoms with E-state index in [0.29, 0.717) is 32.1 Å². The number of aliphatic carboxylic acids is 2. The normalized spacial score (nSPS) is 30.7. The maximum Gasteiger partial charge on any atom is 0.311 e. The van der Waals surface area contributed by atoms with Gasteiger partial charge in [0.05, 0.1) is 10.8 Å². The van der Waals surface area contributed by atoms with Gasteiger partial charge in [0, 0.05) is 0 Å². The van der Waals surface area contributed by atoms with Gasteiger partial charge >= 0.3 is 11.9 Å². The SMILES string of the molecule is CCC1(CC)CC(CC)(C(=O)O)C(CC)(C(=O)O)C(CC)(CC)C1(CC)CC. The van der Waals surface area contributed by atoms with Crippen LogP contribution >= 0.6 is 0 Å². The topological polar surface area (TPSA) is 74.6 Å². The van der Waals surface area contributed by atoms with E-state index in [0.717, 1.165) is 25.7 Å². The first-order chi connectivity index (χ1) is 13.1. The van der Waals surface area contributed by atoms with Gasteiger partial charge in [0.2, 0.25) is 0 Å². The molecule has 0 spiro atoms. The van der Waals surface area contributed by atoms with Crippen molar-refractivity contribution in [3.63, 3.8) is 0 Å². The zero-order valence-corrected chi connectivity index (χ0v) is 19.6. The van der Waals surface area contributed by atoms with Gasteiger partial charge in [-0.3, -0.25) is 9.59 Å². The quantitative estimate of drug-likeness (QED) is 0.427. The largest absolute Gasteiger partial charge is 0.481 e. The van der Waals surface area contributed by atoms with Gasteiger partial charge in [-0.25, -0.2) is 0 Å². The van der Waals surface area contributed by atoms with E-state index in [1.54, 1.807) is 0 Å². The predicted molar refractivity (Wildman–Crippen MR) is 114 cm³/mol. The highest BCUT2D eigenvalue weighted by Crippen LogP contribution is 2.79. The molecule has 2 N–H and O–H groups in total. The molecular weight excluding hydrogens is 352 g/mol. The maximum atomic E-state index is 13.2. The van der Waals surface area contributed by atoms with Gasteiger partial charge in [-0.2, -0.15) is 0 Å². The summed E-state index contributed by atoms with van der Waals surface area (Å²) in [5, 5.41) is 21.4. The van der Waals surface area contributed by atoms with Crippen LogP contribution in [0.5, 0.6) is 0 Å². The Bertz CT molecular complexity index is 569. The second kappa shape index (κ2) is 8.36. The molecule has 4 heteroatoms. The van der Waals surface area contributed by atoms with Crippen LogP contribution in [0.3, 0.4) is 0 Å². The Hall–Kier alpha value is -1.06. The lowest BCUT2D eigenvalue weighted by Gasteiger charge is -2.74. The molecule has 0 aliphatic heterocycles. The lowest BCUT2D eigenvalue weighted by atomic mass is 9.28. The molecular formula is C24H44O4. The average Bonchev–Trinajstić information content (AvgIpc) is 2.70. The lowest BCUT2D eigenvalue weighted by Crippen LogP contribution is -2.74. The Balaban J connectivity index is 4.33. The van der Waals surface area contributed by atoms with Crippen molar-refractivity contribution >= 4 is 11.9 Å². The molecule has 0 aromatic heterocycles.